The number of carbonyl (C=O) groups is 1. The molecule has 0 aliphatic heterocycles. The van der Waals surface area contributed by atoms with E-state index < -0.39 is 39.5 Å². The van der Waals surface area contributed by atoms with Gasteiger partial charge in [-0.2, -0.15) is 0 Å². The van der Waals surface area contributed by atoms with Crippen LogP contribution in [-0.4, -0.2) is 40.6 Å². The molecule has 0 saturated carbocycles. The van der Waals surface area contributed by atoms with Crippen LogP contribution in [0.5, 0.6) is 5.75 Å². The van der Waals surface area contributed by atoms with Crippen molar-refractivity contribution in [2.45, 2.75) is 43.5 Å². The molecule has 0 saturated heterocycles. The Bertz CT molecular complexity index is 2040. The highest BCUT2D eigenvalue weighted by atomic mass is 32.2. The summed E-state index contributed by atoms with van der Waals surface area (Å²) in [5.41, 5.74) is 1.10. The van der Waals surface area contributed by atoms with Crippen molar-refractivity contribution >= 4 is 26.9 Å². The van der Waals surface area contributed by atoms with Gasteiger partial charge < -0.3 is 14.4 Å². The van der Waals surface area contributed by atoms with Crippen LogP contribution in [-0.2, 0) is 27.8 Å². The van der Waals surface area contributed by atoms with E-state index in [9.17, 15) is 35.6 Å². The molecule has 2 heterocycles. The van der Waals surface area contributed by atoms with Crippen LogP contribution < -0.4 is 15.0 Å². The predicted molar refractivity (Wildman–Crippen MR) is 155 cm³/mol. The molecule has 240 valence electrons. The number of alkyl halides is 3. The van der Waals surface area contributed by atoms with Crippen LogP contribution >= 0.6 is 0 Å². The normalized spacial score (nSPS) is 12.0. The fourth-order valence-corrected chi connectivity index (χ4v) is 5.57. The third-order valence-electron chi connectivity index (χ3n) is 6.72. The largest absolute Gasteiger partial charge is 0.573 e. The van der Waals surface area contributed by atoms with Crippen molar-refractivity contribution in [2.24, 2.45) is 0 Å². The number of fused-ring (bicyclic) bond motifs is 1. The van der Waals surface area contributed by atoms with Crippen molar-refractivity contribution in [3.63, 3.8) is 0 Å². The third kappa shape index (κ3) is 7.76. The van der Waals surface area contributed by atoms with Gasteiger partial charge in [-0.25, -0.2) is 22.5 Å². The summed E-state index contributed by atoms with van der Waals surface area (Å²) in [4.78, 5) is 28.9. The van der Waals surface area contributed by atoms with Crippen molar-refractivity contribution in [1.82, 2.24) is 19.4 Å². The number of sulfonamides is 1. The van der Waals surface area contributed by atoms with Gasteiger partial charge in [-0.1, -0.05) is 11.2 Å². The molecule has 2 N–H and O–H groups in total. The Morgan fingerprint density at radius 2 is 1.72 bits per heavy atom. The summed E-state index contributed by atoms with van der Waals surface area (Å²) in [6, 6.07) is 15.2. The van der Waals surface area contributed by atoms with Crippen LogP contribution in [0.25, 0.3) is 27.8 Å². The minimum Gasteiger partial charge on any atom is -0.481 e. The number of hydrogen-bond acceptors (Lipinski definition) is 8. The average Bonchev–Trinajstić information content (AvgIpc) is 3.48. The van der Waals surface area contributed by atoms with Crippen LogP contribution in [0.1, 0.15) is 30.8 Å². The van der Waals surface area contributed by atoms with E-state index in [0.717, 1.165) is 24.3 Å². The molecule has 0 amide bonds. The first kappa shape index (κ1) is 32.3. The molecule has 0 radical (unpaired) electrons. The number of hydrogen-bond donors (Lipinski definition) is 2. The molecule has 3 aromatic carbocycles. The lowest BCUT2D eigenvalue weighted by Gasteiger charge is -2.14. The maximum absolute atomic E-state index is 13.6. The molecule has 46 heavy (non-hydrogen) atoms. The molecule has 11 nitrogen and oxygen atoms in total. The molecule has 0 fully saturated rings. The fourth-order valence-electron chi connectivity index (χ4n) is 4.58. The van der Waals surface area contributed by atoms with Gasteiger partial charge in [0.1, 0.15) is 23.1 Å². The molecule has 0 bridgehead atoms. The summed E-state index contributed by atoms with van der Waals surface area (Å²) in [5, 5.41) is 13.2. The van der Waals surface area contributed by atoms with E-state index >= 15 is 0 Å². The minimum absolute atomic E-state index is 0.0492. The maximum atomic E-state index is 13.6. The smallest absolute Gasteiger partial charge is 0.481 e. The first-order chi connectivity index (χ1) is 21.8. The second kappa shape index (κ2) is 13.1. The molecule has 5 rings (SSSR count). The van der Waals surface area contributed by atoms with E-state index in [0.29, 0.717) is 41.1 Å². The number of aromatic nitrogens is 3. The molecule has 2 aromatic heterocycles. The van der Waals surface area contributed by atoms with Gasteiger partial charge in [0, 0.05) is 24.5 Å². The lowest BCUT2D eigenvalue weighted by molar-refractivity contribution is -0.274. The van der Waals surface area contributed by atoms with Gasteiger partial charge in [-0.15, -0.1) is 13.2 Å². The van der Waals surface area contributed by atoms with E-state index in [-0.39, 0.29) is 35.4 Å². The highest BCUT2D eigenvalue weighted by Gasteiger charge is 2.31. The molecule has 0 aliphatic carbocycles. The molecule has 5 aromatic rings. The number of aliphatic carboxylic acids is 1. The van der Waals surface area contributed by atoms with Crippen LogP contribution in [0.3, 0.4) is 0 Å². The molecule has 16 heteroatoms. The zero-order valence-corrected chi connectivity index (χ0v) is 24.4. The second-order valence-electron chi connectivity index (χ2n) is 10.0. The molecular weight excluding hydrogens is 636 g/mol. The van der Waals surface area contributed by atoms with Gasteiger partial charge in [0.2, 0.25) is 10.0 Å². The number of rotatable bonds is 12. The lowest BCUT2D eigenvalue weighted by atomic mass is 10.1. The highest BCUT2D eigenvalue weighted by molar-refractivity contribution is 7.89. The Labute approximate surface area is 258 Å². The summed E-state index contributed by atoms with van der Waals surface area (Å²) in [6.45, 7) is -0.329. The summed E-state index contributed by atoms with van der Waals surface area (Å²) in [6.07, 6.45) is -3.91. The predicted octanol–water partition coefficient (Wildman–Crippen LogP) is 5.35. The number of halogens is 4. The minimum atomic E-state index is -4.92. The van der Waals surface area contributed by atoms with Crippen molar-refractivity contribution in [3.8, 4) is 22.7 Å². The number of aryl methyl sites for hydroxylation is 1. The number of ether oxygens (including phenoxy) is 1. The van der Waals surface area contributed by atoms with Gasteiger partial charge in [-0.3, -0.25) is 14.2 Å². The summed E-state index contributed by atoms with van der Waals surface area (Å²) in [5.74, 6) is -1.53. The van der Waals surface area contributed by atoms with Crippen molar-refractivity contribution < 1.29 is 45.1 Å². The van der Waals surface area contributed by atoms with Gasteiger partial charge in [0.25, 0.3) is 5.56 Å². The van der Waals surface area contributed by atoms with Crippen LogP contribution in [0.4, 0.5) is 17.6 Å². The quantitative estimate of drug-likeness (QED) is 0.133. The Hall–Kier alpha value is -5.09. The number of nitrogens with one attached hydrogen (secondary N) is 1. The zero-order chi connectivity index (χ0) is 33.1. The number of unbranched alkanes of at least 4 members (excludes halogenated alkanes) is 1. The van der Waals surface area contributed by atoms with E-state index in [4.69, 9.17) is 9.63 Å². The molecular formula is C30H24F4N4O7S. The molecule has 0 atom stereocenters. The van der Waals surface area contributed by atoms with Gasteiger partial charge in [0.15, 0.2) is 5.76 Å². The van der Waals surface area contributed by atoms with Crippen molar-refractivity contribution in [1.29, 1.82) is 0 Å². The van der Waals surface area contributed by atoms with Crippen molar-refractivity contribution in [3.05, 3.63) is 101 Å². The zero-order valence-electron chi connectivity index (χ0n) is 23.6. The van der Waals surface area contributed by atoms with Crippen LogP contribution in [0.15, 0.2) is 87.0 Å². The monoisotopic (exact) mass is 660 g/mol. The first-order valence-corrected chi connectivity index (χ1v) is 15.1. The highest BCUT2D eigenvalue weighted by Crippen LogP contribution is 2.26. The van der Waals surface area contributed by atoms with E-state index in [1.807, 2.05) is 0 Å². The second-order valence-corrected chi connectivity index (χ2v) is 11.8. The standard InChI is InChI=1S/C30H24F4N4O7S/c31-19-6-8-20(9-7-19)38-27(3-1-2-4-28(39)40)36-26-15-18(5-14-24(26)29(38)41)25-16-22(45-37-25)17-35-46(42,43)23-12-10-21(11-13-23)44-30(32,33)34/h5-16,35H,1-4,17H2,(H,39,40). The van der Waals surface area contributed by atoms with Gasteiger partial charge in [-0.05, 0) is 73.5 Å². The van der Waals surface area contributed by atoms with E-state index in [2.05, 4.69) is 19.6 Å². The maximum Gasteiger partial charge on any atom is 0.573 e. The molecule has 0 spiro atoms. The Kier molecular flexibility index (Phi) is 9.20. The first-order valence-electron chi connectivity index (χ1n) is 13.6. The van der Waals surface area contributed by atoms with Crippen LogP contribution in [0.2, 0.25) is 0 Å². The van der Waals surface area contributed by atoms with Gasteiger partial charge in [0.05, 0.1) is 28.0 Å². The van der Waals surface area contributed by atoms with E-state index in [1.165, 1.54) is 41.0 Å². The summed E-state index contributed by atoms with van der Waals surface area (Å²) >= 11 is 0. The lowest BCUT2D eigenvalue weighted by Crippen LogP contribution is -2.24. The fraction of sp³-hybridized carbons (Fsp3) is 0.200. The Balaban J connectivity index is 1.37. The summed E-state index contributed by atoms with van der Waals surface area (Å²) in [7, 11) is -4.13. The molecule has 0 unspecified atom stereocenters. The van der Waals surface area contributed by atoms with Crippen molar-refractivity contribution in [2.75, 3.05) is 0 Å². The summed E-state index contributed by atoms with van der Waals surface area (Å²) < 4.78 is 88.7. The third-order valence-corrected chi connectivity index (χ3v) is 8.14. The number of nitrogens with zero attached hydrogens (tertiary/aromatic N) is 3. The van der Waals surface area contributed by atoms with E-state index in [1.54, 1.807) is 12.1 Å². The van der Waals surface area contributed by atoms with Crippen LogP contribution in [0, 0.1) is 5.82 Å². The number of carboxylic acid groups (broad SMARTS) is 1. The Morgan fingerprint density at radius 3 is 2.39 bits per heavy atom. The SMILES string of the molecule is O=C(O)CCCCc1nc2cc(-c3cc(CNS(=O)(=O)c4ccc(OC(F)(F)F)cc4)on3)ccc2c(=O)n1-c1ccc(F)cc1. The molecule has 0 aliphatic rings. The Morgan fingerprint density at radius 1 is 1.00 bits per heavy atom. The number of carboxylic acids is 1. The number of benzene rings is 3. The van der Waals surface area contributed by atoms with Gasteiger partial charge >= 0.3 is 12.3 Å². The average molecular weight is 661 g/mol. The topological polar surface area (TPSA) is 154 Å².